The molecule has 18 amide bonds. The summed E-state index contributed by atoms with van der Waals surface area (Å²) in [6.07, 6.45) is 2.20. The molecule has 139 heavy (non-hydrogen) atoms. The Balaban J connectivity index is 1.03. The Bertz CT molecular complexity index is 5440. The predicted octanol–water partition coefficient (Wildman–Crippen LogP) is -4.57. The number of aliphatic hydroxyl groups excluding tert-OH is 1. The van der Waals surface area contributed by atoms with E-state index in [0.29, 0.717) is 70.6 Å². The Morgan fingerprint density at radius 3 is 1.73 bits per heavy atom. The Morgan fingerprint density at radius 1 is 0.525 bits per heavy atom. The van der Waals surface area contributed by atoms with Gasteiger partial charge in [0.15, 0.2) is 0 Å². The molecule has 3 aromatic carbocycles. The number of unbranched alkanes of at least 4 members (excludes halogenated alkanes) is 2. The molecule has 46 nitrogen and oxygen atoms in total. The summed E-state index contributed by atoms with van der Waals surface area (Å²) < 4.78 is 1.42. The summed E-state index contributed by atoms with van der Waals surface area (Å²) in [5.41, 5.74) is 31.8. The first-order chi connectivity index (χ1) is 66.4. The molecule has 4 aliphatic heterocycles. The van der Waals surface area contributed by atoms with Crippen molar-refractivity contribution in [1.29, 1.82) is 0 Å². The van der Waals surface area contributed by atoms with E-state index in [1.165, 1.54) is 66.5 Å². The van der Waals surface area contributed by atoms with Crippen molar-refractivity contribution in [2.75, 3.05) is 64.9 Å². The number of nitrogens with two attached hydrogens (primary N) is 5. The highest BCUT2D eigenvalue weighted by Crippen LogP contribution is 2.30. The summed E-state index contributed by atoms with van der Waals surface area (Å²) in [5.74, 6) is -19.9. The van der Waals surface area contributed by atoms with Gasteiger partial charge >= 0.3 is 5.97 Å². The van der Waals surface area contributed by atoms with Crippen LogP contribution in [0.3, 0.4) is 0 Å². The SMILES string of the molecule is CCCC[C@H]1C(=O)N(C)[C@@H](CCCC)C(=O)N[C@@H](CN)C(=O)N[C@H](C(=O)NCC(N)=O)CSCC(=O)N[C@@H](Cc2ccc(O)cc2)C(=O)N2CCCC[C@H]2C(=O)N[C@@H](CC(N)=O)C(=O)N2CCC[C@H]2C(=O)N[C@@H](Cc2cnc[nH]2)C(=O)N[C@@H](CCC(N)=O)C(=O)N2C[C@H](O)C[C@H]2C(=O)N[C@@H](Cc2c[nH]c3ccccc23)C(=O)N[C@@H](CCN)C(=O)N[C@@H](Cc2cn(CC(=O)O)c3ccccc23)C(=O)N1C. The first-order valence-electron chi connectivity index (χ1n) is 46.5. The Hall–Kier alpha value is -14.1. The number of phenolic OH excluding ortho intramolecular Hbond substituents is 1. The summed E-state index contributed by atoms with van der Waals surface area (Å²) in [4.78, 5) is 292. The monoisotopic (exact) mass is 1950 g/mol. The number of H-pyrrole nitrogens is 2. The van der Waals surface area contributed by atoms with Crippen molar-refractivity contribution >= 4 is 146 Å². The molecule has 0 aliphatic carbocycles. The van der Waals surface area contributed by atoms with Crippen molar-refractivity contribution in [2.45, 2.75) is 239 Å². The molecule has 0 radical (unpaired) electrons. The van der Waals surface area contributed by atoms with Crippen LogP contribution in [0, 0.1) is 0 Å². The van der Waals surface area contributed by atoms with E-state index < -0.39 is 273 Å². The number of hydrogen-bond donors (Lipinski definition) is 20. The second kappa shape index (κ2) is 50.8. The third-order valence-corrected chi connectivity index (χ3v) is 26.1. The average Bonchev–Trinajstić information content (AvgIpc) is 1.60. The highest BCUT2D eigenvalue weighted by molar-refractivity contribution is 8.00. The van der Waals surface area contributed by atoms with Gasteiger partial charge in [0.2, 0.25) is 106 Å². The number of hydrogen-bond acceptors (Lipinski definition) is 25. The fourth-order valence-electron chi connectivity index (χ4n) is 17.8. The molecule has 4 fully saturated rings. The lowest BCUT2D eigenvalue weighted by Crippen LogP contribution is -2.62. The van der Waals surface area contributed by atoms with Gasteiger partial charge in [-0.15, -0.1) is 11.8 Å². The van der Waals surface area contributed by atoms with Gasteiger partial charge in [-0.1, -0.05) is 88.1 Å². The van der Waals surface area contributed by atoms with E-state index in [-0.39, 0.29) is 95.3 Å². The lowest BCUT2D eigenvalue weighted by molar-refractivity contribution is -0.149. The zero-order valence-corrected chi connectivity index (χ0v) is 78.7. The van der Waals surface area contributed by atoms with Crippen LogP contribution < -0.4 is 81.8 Å². The fraction of sp³-hybridized carbons (Fsp3) is 0.522. The first kappa shape index (κ1) is 107. The number of fused-ring (bicyclic) bond motifs is 5. The molecule has 25 N–H and O–H groups in total. The molecular weight excluding hydrogens is 1830 g/mol. The fourth-order valence-corrected chi connectivity index (χ4v) is 18.7. The number of primary amides is 3. The van der Waals surface area contributed by atoms with Crippen molar-refractivity contribution in [2.24, 2.45) is 28.7 Å². The van der Waals surface area contributed by atoms with E-state index in [1.807, 2.05) is 13.8 Å². The van der Waals surface area contributed by atoms with Gasteiger partial charge in [0.05, 0.1) is 31.1 Å². The van der Waals surface area contributed by atoms with Gasteiger partial charge in [0.25, 0.3) is 0 Å². The van der Waals surface area contributed by atoms with Crippen LogP contribution in [-0.2, 0) is 123 Å². The number of carboxylic acids is 1. The lowest BCUT2D eigenvalue weighted by atomic mass is 9.97. The smallest absolute Gasteiger partial charge is 0.323 e. The van der Waals surface area contributed by atoms with Crippen LogP contribution >= 0.6 is 11.8 Å². The van der Waals surface area contributed by atoms with Gasteiger partial charge in [0, 0.05) is 131 Å². The number of aliphatic carboxylic acids is 1. The van der Waals surface area contributed by atoms with E-state index in [2.05, 4.69) is 68.1 Å². The molecule has 7 heterocycles. The number of likely N-dealkylation sites (N-methyl/N-ethyl adjacent to an activating group) is 2. The molecule has 6 aromatic rings. The quantitative estimate of drug-likeness (QED) is 0.0231. The number of para-hydroxylation sites is 2. The number of piperidine rings is 1. The molecule has 10 rings (SSSR count). The number of nitrogens with one attached hydrogen (secondary N) is 12. The number of aliphatic hydroxyl groups is 1. The number of benzene rings is 3. The number of imidazole rings is 1. The van der Waals surface area contributed by atoms with E-state index >= 15 is 47.9 Å². The number of rotatable bonds is 27. The van der Waals surface area contributed by atoms with Crippen molar-refractivity contribution in [1.82, 2.24) is 97.2 Å². The molecule has 3 aromatic heterocycles. The van der Waals surface area contributed by atoms with Gasteiger partial charge in [0.1, 0.15) is 96.9 Å². The molecule has 0 unspecified atom stereocenters. The summed E-state index contributed by atoms with van der Waals surface area (Å²) in [6.45, 7) is 0.595. The molecule has 4 aliphatic rings. The van der Waals surface area contributed by atoms with Crippen LogP contribution in [-0.4, -0.2) is 327 Å². The van der Waals surface area contributed by atoms with Gasteiger partial charge in [-0.25, -0.2) is 4.98 Å². The predicted molar refractivity (Wildman–Crippen MR) is 504 cm³/mol. The zero-order chi connectivity index (χ0) is 101. The number of carbonyl (C=O) groups is 19. The zero-order valence-electron chi connectivity index (χ0n) is 77.9. The summed E-state index contributed by atoms with van der Waals surface area (Å²) >= 11 is 0.758. The summed E-state index contributed by atoms with van der Waals surface area (Å²) in [5, 5.41) is 59.2. The van der Waals surface area contributed by atoms with E-state index in [4.69, 9.17) is 28.7 Å². The molecule has 4 saturated heterocycles. The molecular formula is C92H126N24O22S. The maximum atomic E-state index is 15.9. The molecule has 47 heteroatoms. The van der Waals surface area contributed by atoms with E-state index in [1.54, 1.807) is 54.7 Å². The molecule has 0 saturated carbocycles. The number of aromatic hydroxyl groups is 1. The number of carbonyl (C=O) groups excluding carboxylic acids is 18. The van der Waals surface area contributed by atoms with Crippen LogP contribution in [0.1, 0.15) is 139 Å². The Kier molecular flexibility index (Phi) is 39.1. The minimum atomic E-state index is -1.79. The number of carboxylic acid groups (broad SMARTS) is 1. The topological polar surface area (TPSA) is 701 Å². The van der Waals surface area contributed by atoms with Crippen LogP contribution in [0.5, 0.6) is 5.75 Å². The molecule has 752 valence electrons. The van der Waals surface area contributed by atoms with Crippen molar-refractivity contribution < 1.29 is 106 Å². The lowest BCUT2D eigenvalue weighted by Gasteiger charge is -2.38. The highest BCUT2D eigenvalue weighted by atomic mass is 32.2. The second-order valence-corrected chi connectivity index (χ2v) is 36.3. The van der Waals surface area contributed by atoms with Crippen molar-refractivity contribution in [3.05, 3.63) is 120 Å². The van der Waals surface area contributed by atoms with Crippen LogP contribution in [0.4, 0.5) is 0 Å². The Morgan fingerprint density at radius 2 is 1.09 bits per heavy atom. The number of phenols is 1. The highest BCUT2D eigenvalue weighted by Gasteiger charge is 2.48. The van der Waals surface area contributed by atoms with Crippen LogP contribution in [0.25, 0.3) is 21.8 Å². The van der Waals surface area contributed by atoms with Crippen LogP contribution in [0.15, 0.2) is 97.7 Å². The standard InChI is InChI=1S/C92H126N24O22S/c1-5-7-19-69-84(130)109-66(40-94)83(129)110-67(79(125)100-43-76(97)121)47-139-48-77(122)102-63(34-50-24-26-54(117)27-25-50)90(136)114-32-14-13-22-70(114)86(132)108-65(39-75(96)120)91(137)115-33-15-23-71(115)85(131)106-62(37-53-42-98-49-101-53)82(128)104-60(28-29-74(95)119)89(135)116-45-55(118)38-73(116)87(133)105-61(35-51-41-99-58-18-11-9-16-56(51)58)81(127)103-59(30-31-93)80(126)107-64(88(134)112(4)72(20-8-6-2)92(138)111(69)3)36-52-44-113(46-78(123)124)68-21-12-10-17-57(52)68/h9-12,16-18,21,24-27,41-42,44,49,55,59-67,69-73,99,117-118H,5-8,13-15,19-20,22-23,28-40,43,45-48,93-94H2,1-4H3,(H2,95,119)(H2,96,120)(H2,97,121)(H,98,101)(H,100,125)(H,102,122)(H,103,127)(H,104,128)(H,105,133)(H,106,131)(H,107,126)(H,108,132)(H,109,130)(H,110,129)(H,123,124)/t55-,59+,60+,61+,62+,63+,64+,65+,66+,67+,69+,70+,71+,72+,73+/m1/s1. The van der Waals surface area contributed by atoms with Crippen molar-refractivity contribution in [3.63, 3.8) is 0 Å². The minimum absolute atomic E-state index is 0.0219. The third-order valence-electron chi connectivity index (χ3n) is 25.1. The van der Waals surface area contributed by atoms with Gasteiger partial charge in [-0.2, -0.15) is 0 Å². The number of nitrogens with zero attached hydrogens (tertiary/aromatic N) is 7. The first-order valence-corrected chi connectivity index (χ1v) is 47.6. The summed E-state index contributed by atoms with van der Waals surface area (Å²) in [7, 11) is 2.62. The van der Waals surface area contributed by atoms with Gasteiger partial charge in [-0.3, -0.25) is 91.1 Å². The van der Waals surface area contributed by atoms with Crippen LogP contribution in [0.2, 0.25) is 0 Å². The van der Waals surface area contributed by atoms with Gasteiger partial charge in [-0.05, 0) is 105 Å². The maximum absolute atomic E-state index is 15.9. The number of aromatic amines is 2. The minimum Gasteiger partial charge on any atom is -0.508 e. The van der Waals surface area contributed by atoms with Crippen molar-refractivity contribution in [3.8, 4) is 5.75 Å². The normalized spacial score (nSPS) is 24.8. The second-order valence-electron chi connectivity index (χ2n) is 35.3. The average molecular weight is 1950 g/mol. The molecule has 0 bridgehead atoms. The molecule has 0 spiro atoms. The largest absolute Gasteiger partial charge is 0.508 e. The number of thioether (sulfide) groups is 1. The maximum Gasteiger partial charge on any atom is 0.323 e. The molecule has 15 atom stereocenters. The number of amides is 18. The Labute approximate surface area is 804 Å². The number of aromatic nitrogens is 4. The van der Waals surface area contributed by atoms with E-state index in [9.17, 15) is 58.5 Å². The van der Waals surface area contributed by atoms with Gasteiger partial charge < -0.3 is 136 Å². The third kappa shape index (κ3) is 29.0. The summed E-state index contributed by atoms with van der Waals surface area (Å²) in [6, 6.07) is -3.27. The van der Waals surface area contributed by atoms with E-state index in [0.717, 1.165) is 31.4 Å².